The highest BCUT2D eigenvalue weighted by atomic mass is 35.5. The molecule has 1 heterocycles. The van der Waals surface area contributed by atoms with Crippen molar-refractivity contribution < 1.29 is 0 Å². The molecule has 0 aliphatic carbocycles. The number of hydrogen-bond acceptors (Lipinski definition) is 0. The number of aromatic nitrogens is 1. The van der Waals surface area contributed by atoms with Gasteiger partial charge in [0.15, 0.2) is 0 Å². The van der Waals surface area contributed by atoms with Gasteiger partial charge in [0.05, 0.1) is 5.02 Å². The molecule has 0 aromatic carbocycles. The molecule has 1 rings (SSSR count). The third-order valence-corrected chi connectivity index (χ3v) is 4.77. The molecule has 1 aromatic heterocycles. The summed E-state index contributed by atoms with van der Waals surface area (Å²) in [6, 6.07) is 0. The van der Waals surface area contributed by atoms with E-state index in [4.69, 9.17) is 11.6 Å². The first-order valence-electron chi connectivity index (χ1n) is 8.35. The summed E-state index contributed by atoms with van der Waals surface area (Å²) in [6.45, 7) is 6.96. The van der Waals surface area contributed by atoms with E-state index in [0.29, 0.717) is 0 Å². The second-order valence-electron chi connectivity index (χ2n) is 6.51. The Morgan fingerprint density at radius 2 is 1.50 bits per heavy atom. The van der Waals surface area contributed by atoms with Gasteiger partial charge >= 0.3 is 0 Å². The molecule has 0 saturated carbocycles. The van der Waals surface area contributed by atoms with Crippen LogP contribution in [0.2, 0.25) is 5.02 Å². The van der Waals surface area contributed by atoms with Crippen LogP contribution in [0.5, 0.6) is 0 Å². The largest absolute Gasteiger partial charge is 0.355 e. The van der Waals surface area contributed by atoms with Gasteiger partial charge < -0.3 is 4.57 Å². The average molecular weight is 298 g/mol. The van der Waals surface area contributed by atoms with Crippen LogP contribution in [-0.4, -0.2) is 4.57 Å². The summed E-state index contributed by atoms with van der Waals surface area (Å²) >= 11 is 6.46. The molecule has 116 valence electrons. The van der Waals surface area contributed by atoms with Crippen LogP contribution >= 0.6 is 11.6 Å². The fourth-order valence-corrected chi connectivity index (χ4v) is 3.53. The SMILES string of the molecule is CCCCCCC(C)(CCCCC)c1cn(C)cc1Cl. The first-order chi connectivity index (χ1) is 9.53. The van der Waals surface area contributed by atoms with E-state index in [1.807, 2.05) is 6.20 Å². The number of halogens is 1. The normalized spacial score (nSPS) is 14.4. The van der Waals surface area contributed by atoms with Crippen LogP contribution < -0.4 is 0 Å². The zero-order chi connectivity index (χ0) is 15.0. The minimum Gasteiger partial charge on any atom is -0.355 e. The summed E-state index contributed by atoms with van der Waals surface area (Å²) < 4.78 is 2.10. The first kappa shape index (κ1) is 17.6. The maximum Gasteiger partial charge on any atom is 0.0619 e. The maximum absolute atomic E-state index is 6.46. The van der Waals surface area contributed by atoms with E-state index >= 15 is 0 Å². The molecule has 1 nitrogen and oxygen atoms in total. The van der Waals surface area contributed by atoms with Gasteiger partial charge in [-0.2, -0.15) is 0 Å². The standard InChI is InChI=1S/C18H32ClN/c1-5-7-9-11-13-18(3,12-10-8-6-2)16-14-20(4)15-17(16)19/h14-15H,5-13H2,1-4H3. The van der Waals surface area contributed by atoms with Crippen molar-refractivity contribution in [3.05, 3.63) is 23.0 Å². The molecule has 0 amide bonds. The van der Waals surface area contributed by atoms with Crippen molar-refractivity contribution in [2.75, 3.05) is 0 Å². The Labute approximate surface area is 130 Å². The van der Waals surface area contributed by atoms with Crippen LogP contribution in [0.3, 0.4) is 0 Å². The Morgan fingerprint density at radius 1 is 0.950 bits per heavy atom. The lowest BCUT2D eigenvalue weighted by Crippen LogP contribution is -2.22. The second-order valence-corrected chi connectivity index (χ2v) is 6.92. The molecule has 1 atom stereocenters. The van der Waals surface area contributed by atoms with Gasteiger partial charge in [0.1, 0.15) is 0 Å². The number of rotatable bonds is 10. The van der Waals surface area contributed by atoms with Crippen LogP contribution in [-0.2, 0) is 12.5 Å². The molecule has 1 aromatic rings. The van der Waals surface area contributed by atoms with E-state index in [-0.39, 0.29) is 5.41 Å². The summed E-state index contributed by atoms with van der Waals surface area (Å²) in [5, 5.41) is 0.946. The zero-order valence-electron chi connectivity index (χ0n) is 13.8. The Hall–Kier alpha value is -0.430. The minimum absolute atomic E-state index is 0.251. The van der Waals surface area contributed by atoms with E-state index in [1.165, 1.54) is 63.4 Å². The summed E-state index contributed by atoms with van der Waals surface area (Å²) in [5.74, 6) is 0. The van der Waals surface area contributed by atoms with Gasteiger partial charge in [-0.25, -0.2) is 0 Å². The van der Waals surface area contributed by atoms with Crippen molar-refractivity contribution in [1.82, 2.24) is 4.57 Å². The molecule has 0 fully saturated rings. The van der Waals surface area contributed by atoms with Crippen molar-refractivity contribution >= 4 is 11.6 Å². The third-order valence-electron chi connectivity index (χ3n) is 4.47. The van der Waals surface area contributed by atoms with E-state index < -0.39 is 0 Å². The topological polar surface area (TPSA) is 4.93 Å². The molecule has 0 saturated heterocycles. The van der Waals surface area contributed by atoms with Gasteiger partial charge in [0.2, 0.25) is 0 Å². The van der Waals surface area contributed by atoms with E-state index in [2.05, 4.69) is 38.6 Å². The molecule has 0 N–H and O–H groups in total. The molecule has 20 heavy (non-hydrogen) atoms. The first-order valence-corrected chi connectivity index (χ1v) is 8.73. The number of nitrogens with zero attached hydrogens (tertiary/aromatic N) is 1. The van der Waals surface area contributed by atoms with E-state index in [0.717, 1.165) is 5.02 Å². The lowest BCUT2D eigenvalue weighted by molar-refractivity contribution is 0.365. The smallest absolute Gasteiger partial charge is 0.0619 e. The molecular formula is C18H32ClN. The average Bonchev–Trinajstić information content (AvgIpc) is 2.75. The summed E-state index contributed by atoms with van der Waals surface area (Å²) in [4.78, 5) is 0. The molecule has 0 aliphatic rings. The monoisotopic (exact) mass is 297 g/mol. The maximum atomic E-state index is 6.46. The Kier molecular flexibility index (Phi) is 7.72. The van der Waals surface area contributed by atoms with E-state index in [1.54, 1.807) is 0 Å². The van der Waals surface area contributed by atoms with Crippen molar-refractivity contribution in [3.63, 3.8) is 0 Å². The summed E-state index contributed by atoms with van der Waals surface area (Å²) in [7, 11) is 2.07. The van der Waals surface area contributed by atoms with E-state index in [9.17, 15) is 0 Å². The lowest BCUT2D eigenvalue weighted by Gasteiger charge is -2.30. The molecule has 0 aliphatic heterocycles. The van der Waals surface area contributed by atoms with Crippen molar-refractivity contribution in [2.24, 2.45) is 7.05 Å². The highest BCUT2D eigenvalue weighted by molar-refractivity contribution is 6.31. The zero-order valence-corrected chi connectivity index (χ0v) is 14.6. The molecule has 0 radical (unpaired) electrons. The molecular weight excluding hydrogens is 266 g/mol. The van der Waals surface area contributed by atoms with Crippen LogP contribution in [0.15, 0.2) is 12.4 Å². The van der Waals surface area contributed by atoms with Gasteiger partial charge in [0, 0.05) is 19.4 Å². The van der Waals surface area contributed by atoms with Crippen LogP contribution in [0.25, 0.3) is 0 Å². The van der Waals surface area contributed by atoms with Gasteiger partial charge in [-0.3, -0.25) is 0 Å². The van der Waals surface area contributed by atoms with Gasteiger partial charge in [-0.05, 0) is 23.8 Å². The quantitative estimate of drug-likeness (QED) is 0.435. The lowest BCUT2D eigenvalue weighted by atomic mass is 9.75. The Balaban J connectivity index is 2.74. The molecule has 1 unspecified atom stereocenters. The molecule has 0 bridgehead atoms. The third kappa shape index (κ3) is 5.16. The number of unbranched alkanes of at least 4 members (excludes halogenated alkanes) is 5. The summed E-state index contributed by atoms with van der Waals surface area (Å²) in [5.41, 5.74) is 1.61. The minimum atomic E-state index is 0.251. The fraction of sp³-hybridized carbons (Fsp3) is 0.778. The van der Waals surface area contributed by atoms with Crippen LogP contribution in [0, 0.1) is 0 Å². The van der Waals surface area contributed by atoms with Crippen LogP contribution in [0.4, 0.5) is 0 Å². The predicted octanol–water partition coefficient (Wildman–Crippen LogP) is 6.49. The number of aryl methyl sites for hydroxylation is 1. The fourth-order valence-electron chi connectivity index (χ4n) is 3.10. The Morgan fingerprint density at radius 3 is 2.00 bits per heavy atom. The van der Waals surface area contributed by atoms with Gasteiger partial charge in [-0.1, -0.05) is 77.3 Å². The summed E-state index contributed by atoms with van der Waals surface area (Å²) in [6.07, 6.45) is 16.1. The van der Waals surface area contributed by atoms with Crippen molar-refractivity contribution in [3.8, 4) is 0 Å². The van der Waals surface area contributed by atoms with Crippen molar-refractivity contribution in [1.29, 1.82) is 0 Å². The van der Waals surface area contributed by atoms with Crippen LogP contribution in [0.1, 0.15) is 84.1 Å². The highest BCUT2D eigenvalue weighted by Crippen LogP contribution is 2.39. The van der Waals surface area contributed by atoms with Gasteiger partial charge in [0.25, 0.3) is 0 Å². The number of hydrogen-bond donors (Lipinski definition) is 0. The predicted molar refractivity (Wildman–Crippen MR) is 90.7 cm³/mol. The highest BCUT2D eigenvalue weighted by Gasteiger charge is 2.28. The van der Waals surface area contributed by atoms with Crippen molar-refractivity contribution in [2.45, 2.75) is 84.0 Å². The molecule has 0 spiro atoms. The molecule has 2 heteroatoms. The Bertz CT molecular complexity index is 383. The van der Waals surface area contributed by atoms with Gasteiger partial charge in [-0.15, -0.1) is 0 Å². The second kappa shape index (κ2) is 8.77.